The molecule has 3 heterocycles. The number of carbonyl (C=O) groups excluding carboxylic acids is 1. The Bertz CT molecular complexity index is 682. The summed E-state index contributed by atoms with van der Waals surface area (Å²) in [5.41, 5.74) is 0. The maximum atomic E-state index is 12.7. The number of likely N-dealkylation sites (tertiary alicyclic amines) is 1. The van der Waals surface area contributed by atoms with E-state index >= 15 is 0 Å². The minimum Gasteiger partial charge on any atom is -0.339 e. The highest BCUT2D eigenvalue weighted by atomic mass is 32.2. The molecule has 1 aromatic rings. The maximum Gasteiger partial charge on any atom is 0.262 e. The van der Waals surface area contributed by atoms with Crippen molar-refractivity contribution in [2.24, 2.45) is 13.0 Å². The molecule has 1 amide bonds. The third-order valence-electron chi connectivity index (χ3n) is 4.38. The minimum atomic E-state index is -3.62. The van der Waals surface area contributed by atoms with Crippen LogP contribution in [0.2, 0.25) is 0 Å². The zero-order valence-corrected chi connectivity index (χ0v) is 14.0. The number of hydrogen-bond acceptors (Lipinski definition) is 4. The summed E-state index contributed by atoms with van der Waals surface area (Å²) >= 11 is 0. The molecule has 0 N–H and O–H groups in total. The van der Waals surface area contributed by atoms with E-state index in [2.05, 4.69) is 18.8 Å². The van der Waals surface area contributed by atoms with Gasteiger partial charge in [-0.25, -0.2) is 13.4 Å². The van der Waals surface area contributed by atoms with Crippen LogP contribution in [0.25, 0.3) is 0 Å². The summed E-state index contributed by atoms with van der Waals surface area (Å²) in [6, 6.07) is -0.244. The summed E-state index contributed by atoms with van der Waals surface area (Å²) < 4.78 is 28.6. The van der Waals surface area contributed by atoms with Gasteiger partial charge in [-0.1, -0.05) is 13.8 Å². The Morgan fingerprint density at radius 2 is 2.09 bits per heavy atom. The van der Waals surface area contributed by atoms with Crippen molar-refractivity contribution in [3.05, 3.63) is 12.5 Å². The summed E-state index contributed by atoms with van der Waals surface area (Å²) in [5, 5.41) is 0.0606. The Balaban J connectivity index is 1.85. The number of fused-ring (bicyclic) bond motifs is 1. The Morgan fingerprint density at radius 1 is 1.36 bits per heavy atom. The second-order valence-electron chi connectivity index (χ2n) is 6.56. The average Bonchev–Trinajstić information content (AvgIpc) is 3.08. The quantitative estimate of drug-likeness (QED) is 0.804. The molecule has 2 atom stereocenters. The number of hydrogen-bond donors (Lipinski definition) is 0. The SMILES string of the molecule is CC(C)CN1C(=O)CC2C1CCN2S(=O)(=O)c1cn(C)cn1. The van der Waals surface area contributed by atoms with Crippen LogP contribution in [0.4, 0.5) is 0 Å². The van der Waals surface area contributed by atoms with Gasteiger partial charge in [0.15, 0.2) is 5.03 Å². The van der Waals surface area contributed by atoms with Gasteiger partial charge in [-0.05, 0) is 12.3 Å². The van der Waals surface area contributed by atoms with Gasteiger partial charge in [0, 0.05) is 32.8 Å². The van der Waals surface area contributed by atoms with E-state index in [0.717, 1.165) is 0 Å². The number of nitrogens with zero attached hydrogens (tertiary/aromatic N) is 4. The molecule has 7 nitrogen and oxygen atoms in total. The molecule has 22 heavy (non-hydrogen) atoms. The fraction of sp³-hybridized carbons (Fsp3) is 0.714. The smallest absolute Gasteiger partial charge is 0.262 e. The van der Waals surface area contributed by atoms with Gasteiger partial charge in [-0.15, -0.1) is 0 Å². The number of amides is 1. The first-order valence-corrected chi connectivity index (χ1v) is 9.04. The number of aromatic nitrogens is 2. The summed E-state index contributed by atoms with van der Waals surface area (Å²) in [4.78, 5) is 18.1. The monoisotopic (exact) mass is 326 g/mol. The van der Waals surface area contributed by atoms with Crippen molar-refractivity contribution in [1.82, 2.24) is 18.8 Å². The van der Waals surface area contributed by atoms with Crippen LogP contribution in [-0.4, -0.2) is 58.3 Å². The summed E-state index contributed by atoms with van der Waals surface area (Å²) in [6.07, 6.45) is 3.97. The van der Waals surface area contributed by atoms with Gasteiger partial charge >= 0.3 is 0 Å². The lowest BCUT2D eigenvalue weighted by atomic mass is 10.1. The lowest BCUT2D eigenvalue weighted by Gasteiger charge is -2.26. The van der Waals surface area contributed by atoms with Gasteiger partial charge in [-0.2, -0.15) is 4.31 Å². The zero-order chi connectivity index (χ0) is 16.1. The Hall–Kier alpha value is -1.41. The molecule has 2 aliphatic rings. The highest BCUT2D eigenvalue weighted by Gasteiger charge is 2.51. The molecule has 0 bridgehead atoms. The average molecular weight is 326 g/mol. The Kier molecular flexibility index (Phi) is 3.76. The van der Waals surface area contributed by atoms with Crippen LogP contribution in [-0.2, 0) is 21.9 Å². The molecule has 0 spiro atoms. The number of aryl methyl sites for hydroxylation is 1. The molecular formula is C14H22N4O3S. The van der Waals surface area contributed by atoms with E-state index in [1.165, 1.54) is 16.8 Å². The van der Waals surface area contributed by atoms with Crippen LogP contribution >= 0.6 is 0 Å². The van der Waals surface area contributed by atoms with E-state index in [4.69, 9.17) is 0 Å². The van der Waals surface area contributed by atoms with Crippen LogP contribution in [0.5, 0.6) is 0 Å². The molecule has 2 fully saturated rings. The molecule has 1 aromatic heterocycles. The largest absolute Gasteiger partial charge is 0.339 e. The van der Waals surface area contributed by atoms with Crippen molar-refractivity contribution in [3.63, 3.8) is 0 Å². The molecule has 0 saturated carbocycles. The molecule has 3 rings (SSSR count). The minimum absolute atomic E-state index is 0.00777. The van der Waals surface area contributed by atoms with E-state index in [9.17, 15) is 13.2 Å². The maximum absolute atomic E-state index is 12.7. The van der Waals surface area contributed by atoms with Crippen molar-refractivity contribution >= 4 is 15.9 Å². The Labute approximate surface area is 131 Å². The first-order valence-electron chi connectivity index (χ1n) is 7.60. The van der Waals surface area contributed by atoms with Gasteiger partial charge in [0.05, 0.1) is 18.4 Å². The van der Waals surface area contributed by atoms with Crippen molar-refractivity contribution in [1.29, 1.82) is 0 Å². The van der Waals surface area contributed by atoms with E-state index < -0.39 is 10.0 Å². The topological polar surface area (TPSA) is 75.5 Å². The van der Waals surface area contributed by atoms with Gasteiger partial charge in [0.1, 0.15) is 0 Å². The van der Waals surface area contributed by atoms with Crippen LogP contribution in [0.3, 0.4) is 0 Å². The number of sulfonamides is 1. The normalized spacial score (nSPS) is 26.2. The molecule has 0 aliphatic carbocycles. The van der Waals surface area contributed by atoms with E-state index in [-0.39, 0.29) is 29.4 Å². The van der Waals surface area contributed by atoms with E-state index in [1.807, 2.05) is 4.90 Å². The predicted molar refractivity (Wildman–Crippen MR) is 80.5 cm³/mol. The predicted octanol–water partition coefficient (Wildman–Crippen LogP) is 0.440. The molecule has 0 radical (unpaired) electrons. The van der Waals surface area contributed by atoms with Crippen molar-refractivity contribution in [2.75, 3.05) is 13.1 Å². The second kappa shape index (κ2) is 5.34. The molecule has 0 aromatic carbocycles. The highest BCUT2D eigenvalue weighted by molar-refractivity contribution is 7.89. The molecule has 2 aliphatic heterocycles. The van der Waals surface area contributed by atoms with Gasteiger partial charge < -0.3 is 9.47 Å². The van der Waals surface area contributed by atoms with Gasteiger partial charge in [-0.3, -0.25) is 4.79 Å². The van der Waals surface area contributed by atoms with Crippen LogP contribution in [0.15, 0.2) is 17.6 Å². The summed E-state index contributed by atoms with van der Waals surface area (Å²) in [5.74, 6) is 0.439. The summed E-state index contributed by atoms with van der Waals surface area (Å²) in [6.45, 7) is 5.28. The fourth-order valence-corrected chi connectivity index (χ4v) is 5.10. The molecule has 8 heteroatoms. The van der Waals surface area contributed by atoms with E-state index in [1.54, 1.807) is 11.6 Å². The number of rotatable bonds is 4. The van der Waals surface area contributed by atoms with Crippen molar-refractivity contribution < 1.29 is 13.2 Å². The molecule has 2 saturated heterocycles. The first-order chi connectivity index (χ1) is 10.3. The molecular weight excluding hydrogens is 304 g/mol. The summed E-state index contributed by atoms with van der Waals surface area (Å²) in [7, 11) is -1.89. The van der Waals surface area contributed by atoms with Gasteiger partial charge in [0.25, 0.3) is 10.0 Å². The third-order valence-corrected chi connectivity index (χ3v) is 6.19. The number of imidazole rings is 1. The lowest BCUT2D eigenvalue weighted by molar-refractivity contribution is -0.129. The van der Waals surface area contributed by atoms with Crippen LogP contribution in [0, 0.1) is 5.92 Å². The Morgan fingerprint density at radius 3 is 2.68 bits per heavy atom. The number of carbonyl (C=O) groups is 1. The molecule has 122 valence electrons. The van der Waals surface area contributed by atoms with Crippen LogP contribution in [0.1, 0.15) is 26.7 Å². The van der Waals surface area contributed by atoms with Crippen molar-refractivity contribution in [2.45, 2.75) is 43.8 Å². The van der Waals surface area contributed by atoms with Crippen LogP contribution < -0.4 is 0 Å². The standard InChI is InChI=1S/C14H22N4O3S/c1-10(2)7-17-11-4-5-18(12(11)6-14(17)19)22(20,21)13-8-16(3)9-15-13/h8-12H,4-7H2,1-3H3. The van der Waals surface area contributed by atoms with Crippen molar-refractivity contribution in [3.8, 4) is 0 Å². The zero-order valence-electron chi connectivity index (χ0n) is 13.1. The fourth-order valence-electron chi connectivity index (χ4n) is 3.46. The highest BCUT2D eigenvalue weighted by Crippen LogP contribution is 2.36. The molecule has 2 unspecified atom stereocenters. The van der Waals surface area contributed by atoms with Gasteiger partial charge in [0.2, 0.25) is 5.91 Å². The van der Waals surface area contributed by atoms with E-state index in [0.29, 0.717) is 25.4 Å². The first kappa shape index (κ1) is 15.5. The third kappa shape index (κ3) is 2.44. The lowest BCUT2D eigenvalue weighted by Crippen LogP contribution is -2.41. The second-order valence-corrected chi connectivity index (χ2v) is 8.40.